The van der Waals surface area contributed by atoms with Crippen molar-refractivity contribution in [1.82, 2.24) is 0 Å². The van der Waals surface area contributed by atoms with E-state index in [-0.39, 0.29) is 11.5 Å². The molecule has 0 fully saturated rings. The molecule has 1 aromatic carbocycles. The minimum atomic E-state index is -0.506. The van der Waals surface area contributed by atoms with Gasteiger partial charge in [0.1, 0.15) is 11.4 Å². The third-order valence-corrected chi connectivity index (χ3v) is 3.55. The van der Waals surface area contributed by atoms with Gasteiger partial charge in [-0.3, -0.25) is 4.79 Å². The molecule has 0 radical (unpaired) electrons. The van der Waals surface area contributed by atoms with Crippen molar-refractivity contribution in [2.45, 2.75) is 45.6 Å². The highest BCUT2D eigenvalue weighted by Gasteiger charge is 2.17. The fourth-order valence-electron chi connectivity index (χ4n) is 2.47. The quantitative estimate of drug-likeness (QED) is 0.469. The molecule has 1 aliphatic rings. The summed E-state index contributed by atoms with van der Waals surface area (Å²) in [4.78, 5) is 22.4. The molecular formula is C19H21FO3. The maximum absolute atomic E-state index is 13.7. The van der Waals surface area contributed by atoms with E-state index in [0.29, 0.717) is 12.7 Å². The highest BCUT2D eigenvalue weighted by atomic mass is 19.1. The molecule has 0 atom stereocenters. The molecule has 0 heterocycles. The van der Waals surface area contributed by atoms with Crippen LogP contribution in [0.4, 0.5) is 4.39 Å². The minimum absolute atomic E-state index is 0.0654. The summed E-state index contributed by atoms with van der Waals surface area (Å²) in [7, 11) is 0. The summed E-state index contributed by atoms with van der Waals surface area (Å²) in [5, 5.41) is 0. The van der Waals surface area contributed by atoms with Crippen LogP contribution in [0.15, 0.2) is 35.9 Å². The third-order valence-electron chi connectivity index (χ3n) is 3.55. The maximum atomic E-state index is 13.7. The number of carbonyl (C=O) groups is 2. The molecule has 3 nitrogen and oxygen atoms in total. The van der Waals surface area contributed by atoms with Crippen LogP contribution in [0.3, 0.4) is 0 Å². The topological polar surface area (TPSA) is 43.4 Å². The maximum Gasteiger partial charge on any atom is 0.331 e. The fourth-order valence-corrected chi connectivity index (χ4v) is 2.47. The SMILES string of the molecule is CC(C)(C)OC(=O)/C=C1/CC=C(c2ccc(C=O)c(F)c2)CC1. The average molecular weight is 316 g/mol. The van der Waals surface area contributed by atoms with E-state index < -0.39 is 11.4 Å². The molecule has 0 bridgehead atoms. The van der Waals surface area contributed by atoms with Crippen molar-refractivity contribution in [2.75, 3.05) is 0 Å². The Kier molecular flexibility index (Phi) is 5.14. The van der Waals surface area contributed by atoms with Crippen molar-refractivity contribution >= 4 is 17.8 Å². The molecule has 1 aliphatic carbocycles. The van der Waals surface area contributed by atoms with E-state index in [9.17, 15) is 14.0 Å². The van der Waals surface area contributed by atoms with E-state index in [1.807, 2.05) is 26.8 Å². The van der Waals surface area contributed by atoms with E-state index >= 15 is 0 Å². The Labute approximate surface area is 135 Å². The van der Waals surface area contributed by atoms with Gasteiger partial charge in [-0.1, -0.05) is 17.7 Å². The second kappa shape index (κ2) is 6.90. The molecule has 0 saturated carbocycles. The molecule has 122 valence electrons. The van der Waals surface area contributed by atoms with E-state index in [1.165, 1.54) is 12.1 Å². The van der Waals surface area contributed by atoms with Crippen LogP contribution in [0.2, 0.25) is 0 Å². The number of hydrogen-bond donors (Lipinski definition) is 0. The van der Waals surface area contributed by atoms with E-state index in [1.54, 1.807) is 12.1 Å². The summed E-state index contributed by atoms with van der Waals surface area (Å²) in [6.07, 6.45) is 6.17. The number of esters is 1. The molecular weight excluding hydrogens is 295 g/mol. The number of rotatable bonds is 3. The zero-order valence-electron chi connectivity index (χ0n) is 13.7. The van der Waals surface area contributed by atoms with E-state index in [0.717, 1.165) is 29.6 Å². The number of aldehydes is 1. The Morgan fingerprint density at radius 3 is 2.52 bits per heavy atom. The van der Waals surface area contributed by atoms with Crippen LogP contribution in [0.1, 0.15) is 56.0 Å². The largest absolute Gasteiger partial charge is 0.457 e. The van der Waals surface area contributed by atoms with Crippen molar-refractivity contribution in [3.63, 3.8) is 0 Å². The highest BCUT2D eigenvalue weighted by molar-refractivity contribution is 5.83. The first-order valence-electron chi connectivity index (χ1n) is 7.65. The molecule has 0 aliphatic heterocycles. The van der Waals surface area contributed by atoms with Crippen molar-refractivity contribution < 1.29 is 18.7 Å². The number of allylic oxidation sites excluding steroid dienone is 3. The monoisotopic (exact) mass is 316 g/mol. The van der Waals surface area contributed by atoms with Crippen LogP contribution < -0.4 is 0 Å². The first-order chi connectivity index (χ1) is 10.8. The van der Waals surface area contributed by atoms with Crippen LogP contribution >= 0.6 is 0 Å². The average Bonchev–Trinajstić information content (AvgIpc) is 2.46. The van der Waals surface area contributed by atoms with Gasteiger partial charge in [0.05, 0.1) is 5.56 Å². The molecule has 0 saturated heterocycles. The van der Waals surface area contributed by atoms with Crippen LogP contribution in [0.25, 0.3) is 5.57 Å². The standard InChI is InChI=1S/C19H21FO3/c1-19(2,3)23-18(22)10-13-4-6-14(7-5-13)15-8-9-16(12-21)17(20)11-15/h6,8-12H,4-5,7H2,1-3H3/b13-10-. The zero-order valence-corrected chi connectivity index (χ0v) is 13.7. The van der Waals surface area contributed by atoms with Crippen molar-refractivity contribution in [1.29, 1.82) is 0 Å². The summed E-state index contributed by atoms with van der Waals surface area (Å²) in [6.45, 7) is 5.50. The van der Waals surface area contributed by atoms with Gasteiger partial charge in [0.2, 0.25) is 0 Å². The lowest BCUT2D eigenvalue weighted by Gasteiger charge is -2.20. The predicted octanol–water partition coefficient (Wildman–Crippen LogP) is 4.47. The molecule has 0 amide bonds. The first-order valence-corrected chi connectivity index (χ1v) is 7.65. The number of halogens is 1. The van der Waals surface area contributed by atoms with Gasteiger partial charge >= 0.3 is 5.97 Å². The lowest BCUT2D eigenvalue weighted by atomic mass is 9.90. The summed E-state index contributed by atoms with van der Waals surface area (Å²) in [6, 6.07) is 4.63. The summed E-state index contributed by atoms with van der Waals surface area (Å²) in [5.41, 5.74) is 2.39. The van der Waals surface area contributed by atoms with Crippen LogP contribution in [0.5, 0.6) is 0 Å². The molecule has 0 N–H and O–H groups in total. The lowest BCUT2D eigenvalue weighted by Crippen LogP contribution is -2.22. The van der Waals surface area contributed by atoms with Crippen LogP contribution in [-0.2, 0) is 9.53 Å². The fraction of sp³-hybridized carbons (Fsp3) is 0.368. The van der Waals surface area contributed by atoms with Crippen molar-refractivity contribution in [3.05, 3.63) is 52.9 Å². The zero-order chi connectivity index (χ0) is 17.0. The van der Waals surface area contributed by atoms with Crippen LogP contribution in [-0.4, -0.2) is 17.9 Å². The number of hydrogen-bond acceptors (Lipinski definition) is 3. The van der Waals surface area contributed by atoms with Gasteiger partial charge in [-0.2, -0.15) is 0 Å². The predicted molar refractivity (Wildman–Crippen MR) is 87.5 cm³/mol. The minimum Gasteiger partial charge on any atom is -0.457 e. The third kappa shape index (κ3) is 4.88. The van der Waals surface area contributed by atoms with Crippen molar-refractivity contribution in [2.24, 2.45) is 0 Å². The number of carbonyl (C=O) groups excluding carboxylic acids is 2. The smallest absolute Gasteiger partial charge is 0.331 e. The van der Waals surface area contributed by atoms with Gasteiger partial charge in [0, 0.05) is 6.08 Å². The number of benzene rings is 1. The van der Waals surface area contributed by atoms with E-state index in [2.05, 4.69) is 0 Å². The Balaban J connectivity index is 2.08. The van der Waals surface area contributed by atoms with Gasteiger partial charge in [0.15, 0.2) is 6.29 Å². The van der Waals surface area contributed by atoms with Gasteiger partial charge < -0.3 is 4.74 Å². The van der Waals surface area contributed by atoms with Crippen molar-refractivity contribution in [3.8, 4) is 0 Å². The summed E-state index contributed by atoms with van der Waals surface area (Å²) >= 11 is 0. The molecule has 0 unspecified atom stereocenters. The van der Waals surface area contributed by atoms with Crippen LogP contribution in [0, 0.1) is 5.82 Å². The molecule has 1 aromatic rings. The van der Waals surface area contributed by atoms with Gasteiger partial charge in [-0.25, -0.2) is 9.18 Å². The summed E-state index contributed by atoms with van der Waals surface area (Å²) < 4.78 is 19.0. The molecule has 0 spiro atoms. The normalized spacial score (nSPS) is 16.9. The molecule has 4 heteroatoms. The Bertz CT molecular complexity index is 678. The highest BCUT2D eigenvalue weighted by Crippen LogP contribution is 2.30. The summed E-state index contributed by atoms with van der Waals surface area (Å²) in [5.74, 6) is -0.834. The molecule has 0 aromatic heterocycles. The Morgan fingerprint density at radius 1 is 1.26 bits per heavy atom. The number of ether oxygens (including phenoxy) is 1. The van der Waals surface area contributed by atoms with E-state index in [4.69, 9.17) is 4.74 Å². The Morgan fingerprint density at radius 2 is 2.00 bits per heavy atom. The second-order valence-electron chi connectivity index (χ2n) is 6.62. The molecule has 2 rings (SSSR count). The molecule has 23 heavy (non-hydrogen) atoms. The van der Waals surface area contributed by atoms with Gasteiger partial charge in [-0.05, 0) is 63.3 Å². The first kappa shape index (κ1) is 17.1. The van der Waals surface area contributed by atoms with Gasteiger partial charge in [0.25, 0.3) is 0 Å². The second-order valence-corrected chi connectivity index (χ2v) is 6.62. The lowest BCUT2D eigenvalue weighted by molar-refractivity contribution is -0.148. The Hall–Kier alpha value is -2.23. The van der Waals surface area contributed by atoms with Gasteiger partial charge in [-0.15, -0.1) is 0 Å².